The Morgan fingerprint density at radius 1 is 1.60 bits per heavy atom. The van der Waals surface area contributed by atoms with Gasteiger partial charge in [0.25, 0.3) is 0 Å². The maximum absolute atomic E-state index is 5.14. The molecule has 0 saturated heterocycles. The van der Waals surface area contributed by atoms with E-state index in [1.165, 1.54) is 24.4 Å². The summed E-state index contributed by atoms with van der Waals surface area (Å²) >= 11 is 1.32. The standard InChI is InChI=1S/C5H8N4S/c6-8-5-7-4(9-10-5)3-1-2-3/h3H,1-2,6H2,(H,7,8,9). The van der Waals surface area contributed by atoms with Crippen molar-refractivity contribution in [3.05, 3.63) is 5.82 Å². The van der Waals surface area contributed by atoms with E-state index in [1.54, 1.807) is 0 Å². The second kappa shape index (κ2) is 2.17. The average molecular weight is 156 g/mol. The lowest BCUT2D eigenvalue weighted by molar-refractivity contribution is 0.984. The predicted octanol–water partition coefficient (Wildman–Crippen LogP) is 0.701. The minimum atomic E-state index is 0.623. The zero-order valence-electron chi connectivity index (χ0n) is 5.37. The van der Waals surface area contributed by atoms with Gasteiger partial charge >= 0.3 is 0 Å². The second-order valence-corrected chi connectivity index (χ2v) is 3.13. The summed E-state index contributed by atoms with van der Waals surface area (Å²) in [6.07, 6.45) is 2.47. The topological polar surface area (TPSA) is 63.8 Å². The molecule has 10 heavy (non-hydrogen) atoms. The van der Waals surface area contributed by atoms with Crippen LogP contribution in [-0.4, -0.2) is 9.36 Å². The van der Waals surface area contributed by atoms with Crippen LogP contribution < -0.4 is 11.3 Å². The molecular formula is C5H8N4S. The summed E-state index contributed by atoms with van der Waals surface area (Å²) in [7, 11) is 0. The Hall–Kier alpha value is -0.680. The quantitative estimate of drug-likeness (QED) is 0.488. The van der Waals surface area contributed by atoms with Crippen molar-refractivity contribution in [2.24, 2.45) is 5.84 Å². The average Bonchev–Trinajstić information content (AvgIpc) is 2.70. The molecule has 2 rings (SSSR count). The third-order valence-corrected chi connectivity index (χ3v) is 2.17. The minimum Gasteiger partial charge on any atom is -0.299 e. The fourth-order valence-electron chi connectivity index (χ4n) is 0.801. The molecule has 0 bridgehead atoms. The Bertz CT molecular complexity index is 229. The molecule has 0 aliphatic heterocycles. The van der Waals surface area contributed by atoms with Gasteiger partial charge in [0.1, 0.15) is 5.82 Å². The van der Waals surface area contributed by atoms with Crippen LogP contribution in [0.4, 0.5) is 5.13 Å². The van der Waals surface area contributed by atoms with Crippen LogP contribution in [0.2, 0.25) is 0 Å². The number of nitrogens with zero attached hydrogens (tertiary/aromatic N) is 2. The van der Waals surface area contributed by atoms with E-state index in [4.69, 9.17) is 5.84 Å². The van der Waals surface area contributed by atoms with Crippen LogP contribution in [0, 0.1) is 0 Å². The summed E-state index contributed by atoms with van der Waals surface area (Å²) in [6.45, 7) is 0. The number of nitrogens with two attached hydrogens (primary N) is 1. The van der Waals surface area contributed by atoms with E-state index in [0.717, 1.165) is 5.82 Å². The Morgan fingerprint density at radius 2 is 2.40 bits per heavy atom. The van der Waals surface area contributed by atoms with Crippen LogP contribution in [-0.2, 0) is 0 Å². The third-order valence-electron chi connectivity index (χ3n) is 1.51. The molecule has 1 fully saturated rings. The van der Waals surface area contributed by atoms with Crippen molar-refractivity contribution >= 4 is 16.7 Å². The van der Waals surface area contributed by atoms with E-state index < -0.39 is 0 Å². The van der Waals surface area contributed by atoms with Gasteiger partial charge in [-0.25, -0.2) is 10.8 Å². The summed E-state index contributed by atoms with van der Waals surface area (Å²) in [5.41, 5.74) is 2.47. The summed E-state index contributed by atoms with van der Waals surface area (Å²) in [5.74, 6) is 6.72. The molecule has 1 heterocycles. The fourth-order valence-corrected chi connectivity index (χ4v) is 1.36. The number of anilines is 1. The number of nitrogen functional groups attached to an aromatic ring is 1. The maximum Gasteiger partial charge on any atom is 0.216 e. The molecule has 5 heteroatoms. The van der Waals surface area contributed by atoms with Crippen molar-refractivity contribution in [2.45, 2.75) is 18.8 Å². The molecule has 1 saturated carbocycles. The van der Waals surface area contributed by atoms with Crippen LogP contribution in [0.5, 0.6) is 0 Å². The fraction of sp³-hybridized carbons (Fsp3) is 0.600. The van der Waals surface area contributed by atoms with E-state index in [-0.39, 0.29) is 0 Å². The maximum atomic E-state index is 5.14. The Kier molecular flexibility index (Phi) is 1.32. The van der Waals surface area contributed by atoms with Crippen molar-refractivity contribution in [1.29, 1.82) is 0 Å². The molecule has 1 aliphatic carbocycles. The van der Waals surface area contributed by atoms with Crippen molar-refractivity contribution in [3.8, 4) is 0 Å². The Morgan fingerprint density at radius 3 is 2.90 bits per heavy atom. The number of aromatic nitrogens is 2. The van der Waals surface area contributed by atoms with E-state index in [2.05, 4.69) is 14.8 Å². The number of hydrogen-bond donors (Lipinski definition) is 2. The molecular weight excluding hydrogens is 148 g/mol. The molecule has 0 spiro atoms. The smallest absolute Gasteiger partial charge is 0.216 e. The highest BCUT2D eigenvalue weighted by atomic mass is 32.1. The minimum absolute atomic E-state index is 0.623. The number of nitrogens with one attached hydrogen (secondary N) is 1. The van der Waals surface area contributed by atoms with E-state index in [9.17, 15) is 0 Å². The van der Waals surface area contributed by atoms with Gasteiger partial charge in [-0.15, -0.1) is 0 Å². The van der Waals surface area contributed by atoms with Crippen LogP contribution in [0.1, 0.15) is 24.6 Å². The van der Waals surface area contributed by atoms with Gasteiger partial charge in [-0.2, -0.15) is 4.37 Å². The predicted molar refractivity (Wildman–Crippen MR) is 39.7 cm³/mol. The van der Waals surface area contributed by atoms with E-state index in [0.29, 0.717) is 11.0 Å². The van der Waals surface area contributed by atoms with Gasteiger partial charge in [-0.1, -0.05) is 0 Å². The first-order chi connectivity index (χ1) is 4.90. The summed E-state index contributed by atoms with van der Waals surface area (Å²) in [5, 5.41) is 0.710. The SMILES string of the molecule is NNc1nc(C2CC2)ns1. The third kappa shape index (κ3) is 0.975. The number of rotatable bonds is 2. The summed E-state index contributed by atoms with van der Waals surface area (Å²) in [6, 6.07) is 0. The van der Waals surface area contributed by atoms with Gasteiger partial charge in [0, 0.05) is 17.5 Å². The molecule has 1 aromatic heterocycles. The van der Waals surface area contributed by atoms with Crippen molar-refractivity contribution in [1.82, 2.24) is 9.36 Å². The number of hydrazine groups is 1. The normalized spacial score (nSPS) is 17.3. The van der Waals surface area contributed by atoms with Crippen molar-refractivity contribution in [2.75, 3.05) is 5.43 Å². The second-order valence-electron chi connectivity index (χ2n) is 2.38. The van der Waals surface area contributed by atoms with Gasteiger partial charge in [0.15, 0.2) is 0 Å². The zero-order chi connectivity index (χ0) is 6.97. The molecule has 0 aromatic carbocycles. The van der Waals surface area contributed by atoms with Crippen molar-refractivity contribution < 1.29 is 0 Å². The molecule has 0 unspecified atom stereocenters. The highest BCUT2D eigenvalue weighted by molar-refractivity contribution is 7.09. The van der Waals surface area contributed by atoms with Gasteiger partial charge in [0.2, 0.25) is 5.13 Å². The van der Waals surface area contributed by atoms with Crippen LogP contribution in [0.25, 0.3) is 0 Å². The molecule has 3 N–H and O–H groups in total. The Balaban J connectivity index is 2.19. The van der Waals surface area contributed by atoms with Gasteiger partial charge in [0.05, 0.1) is 0 Å². The van der Waals surface area contributed by atoms with E-state index in [1.807, 2.05) is 0 Å². The van der Waals surface area contributed by atoms with Gasteiger partial charge in [-0.3, -0.25) is 5.43 Å². The first kappa shape index (κ1) is 6.06. The highest BCUT2D eigenvalue weighted by Crippen LogP contribution is 2.39. The Labute approximate surface area is 62.6 Å². The first-order valence-electron chi connectivity index (χ1n) is 3.20. The molecule has 54 valence electrons. The molecule has 1 aromatic rings. The lowest BCUT2D eigenvalue weighted by Gasteiger charge is -1.85. The highest BCUT2D eigenvalue weighted by Gasteiger charge is 2.27. The largest absolute Gasteiger partial charge is 0.299 e. The summed E-state index contributed by atoms with van der Waals surface area (Å²) in [4.78, 5) is 4.16. The van der Waals surface area contributed by atoms with Crippen LogP contribution >= 0.6 is 11.5 Å². The molecule has 1 aliphatic rings. The molecule has 4 nitrogen and oxygen atoms in total. The lowest BCUT2D eigenvalue weighted by atomic mass is 10.4. The van der Waals surface area contributed by atoms with Crippen LogP contribution in [0.3, 0.4) is 0 Å². The zero-order valence-corrected chi connectivity index (χ0v) is 6.19. The molecule has 0 radical (unpaired) electrons. The van der Waals surface area contributed by atoms with Gasteiger partial charge in [-0.05, 0) is 12.8 Å². The monoisotopic (exact) mass is 156 g/mol. The summed E-state index contributed by atoms with van der Waals surface area (Å²) < 4.78 is 4.14. The molecule has 0 amide bonds. The first-order valence-corrected chi connectivity index (χ1v) is 3.97. The number of hydrogen-bond acceptors (Lipinski definition) is 5. The van der Waals surface area contributed by atoms with Gasteiger partial charge < -0.3 is 0 Å². The molecule has 0 atom stereocenters. The van der Waals surface area contributed by atoms with E-state index >= 15 is 0 Å². The lowest BCUT2D eigenvalue weighted by Crippen LogP contribution is -2.05. The van der Waals surface area contributed by atoms with Crippen LogP contribution in [0.15, 0.2) is 0 Å². The van der Waals surface area contributed by atoms with Crippen molar-refractivity contribution in [3.63, 3.8) is 0 Å².